The lowest BCUT2D eigenvalue weighted by Gasteiger charge is -2.14. The van der Waals surface area contributed by atoms with Gasteiger partial charge in [0, 0.05) is 5.02 Å². The van der Waals surface area contributed by atoms with Crippen LogP contribution in [-0.2, 0) is 4.79 Å². The van der Waals surface area contributed by atoms with Crippen LogP contribution >= 0.6 is 34.7 Å². The Balaban J connectivity index is 1.61. The van der Waals surface area contributed by atoms with Gasteiger partial charge in [0.05, 0.1) is 17.2 Å². The third kappa shape index (κ3) is 3.98. The number of thiophene rings is 1. The summed E-state index contributed by atoms with van der Waals surface area (Å²) in [6, 6.07) is 8.96. The van der Waals surface area contributed by atoms with E-state index in [9.17, 15) is 9.59 Å². The van der Waals surface area contributed by atoms with E-state index in [0.717, 1.165) is 5.56 Å². The highest BCUT2D eigenvalue weighted by Crippen LogP contribution is 2.20. The van der Waals surface area contributed by atoms with Gasteiger partial charge >= 0.3 is 0 Å². The van der Waals surface area contributed by atoms with Crippen LogP contribution in [0.5, 0.6) is 0 Å². The molecular weight excluding hydrogens is 366 g/mol. The van der Waals surface area contributed by atoms with Crippen LogP contribution in [0.4, 0.5) is 0 Å². The zero-order chi connectivity index (χ0) is 17.1. The molecule has 0 bridgehead atoms. The van der Waals surface area contributed by atoms with Gasteiger partial charge in [-0.1, -0.05) is 35.5 Å². The fraction of sp³-hybridized carbons (Fsp3) is 0.188. The van der Waals surface area contributed by atoms with Crippen molar-refractivity contribution < 1.29 is 4.79 Å². The summed E-state index contributed by atoms with van der Waals surface area (Å²) >= 11 is 8.57. The quantitative estimate of drug-likeness (QED) is 0.524. The van der Waals surface area contributed by atoms with Crippen LogP contribution in [-0.4, -0.2) is 21.6 Å². The lowest BCUT2D eigenvalue weighted by Crippen LogP contribution is -2.28. The molecule has 3 aromatic rings. The van der Waals surface area contributed by atoms with Crippen LogP contribution in [0.2, 0.25) is 5.02 Å². The molecule has 2 N–H and O–H groups in total. The fourth-order valence-electron chi connectivity index (χ4n) is 2.19. The van der Waals surface area contributed by atoms with E-state index < -0.39 is 0 Å². The Morgan fingerprint density at radius 1 is 1.46 bits per heavy atom. The van der Waals surface area contributed by atoms with Gasteiger partial charge in [0.15, 0.2) is 5.16 Å². The van der Waals surface area contributed by atoms with Gasteiger partial charge in [-0.25, -0.2) is 4.98 Å². The summed E-state index contributed by atoms with van der Waals surface area (Å²) in [7, 11) is 0. The van der Waals surface area contributed by atoms with Gasteiger partial charge in [0.25, 0.3) is 5.56 Å². The highest BCUT2D eigenvalue weighted by molar-refractivity contribution is 7.99. The third-order valence-corrected chi connectivity index (χ3v) is 5.29. The molecule has 124 valence electrons. The van der Waals surface area contributed by atoms with Crippen LogP contribution in [0, 0.1) is 0 Å². The molecule has 0 aliphatic heterocycles. The van der Waals surface area contributed by atoms with Crippen molar-refractivity contribution in [3.8, 4) is 0 Å². The van der Waals surface area contributed by atoms with Crippen LogP contribution < -0.4 is 10.9 Å². The van der Waals surface area contributed by atoms with E-state index in [1.165, 1.54) is 23.1 Å². The number of hydrogen-bond donors (Lipinski definition) is 2. The Morgan fingerprint density at radius 2 is 2.29 bits per heavy atom. The van der Waals surface area contributed by atoms with Crippen LogP contribution in [0.15, 0.2) is 45.7 Å². The first-order valence-electron chi connectivity index (χ1n) is 7.18. The average molecular weight is 380 g/mol. The van der Waals surface area contributed by atoms with E-state index >= 15 is 0 Å². The number of nitrogens with one attached hydrogen (secondary N) is 2. The number of carbonyl (C=O) groups is 1. The molecule has 1 unspecified atom stereocenters. The lowest BCUT2D eigenvalue weighted by molar-refractivity contribution is -0.119. The number of halogens is 1. The largest absolute Gasteiger partial charge is 0.349 e. The van der Waals surface area contributed by atoms with Crippen molar-refractivity contribution in [1.29, 1.82) is 0 Å². The van der Waals surface area contributed by atoms with Gasteiger partial charge in [0.2, 0.25) is 5.91 Å². The monoisotopic (exact) mass is 379 g/mol. The second kappa shape index (κ2) is 7.38. The lowest BCUT2D eigenvalue weighted by atomic mass is 10.1. The predicted molar refractivity (Wildman–Crippen MR) is 99.0 cm³/mol. The van der Waals surface area contributed by atoms with E-state index in [1.807, 2.05) is 30.5 Å². The molecular formula is C16H14ClN3O2S2. The Morgan fingerprint density at radius 3 is 3.08 bits per heavy atom. The molecule has 0 aliphatic rings. The SMILES string of the molecule is CC(NC(=O)CSc1nc2sccc2c(=O)[nH]1)c1cccc(Cl)c1. The molecule has 1 aromatic carbocycles. The summed E-state index contributed by atoms with van der Waals surface area (Å²) in [5, 5.41) is 6.38. The molecule has 0 spiro atoms. The van der Waals surface area contributed by atoms with E-state index in [-0.39, 0.29) is 23.3 Å². The Labute approximate surface area is 151 Å². The number of benzene rings is 1. The van der Waals surface area contributed by atoms with E-state index in [2.05, 4.69) is 15.3 Å². The zero-order valence-corrected chi connectivity index (χ0v) is 15.1. The minimum Gasteiger partial charge on any atom is -0.349 e. The number of thioether (sulfide) groups is 1. The summed E-state index contributed by atoms with van der Waals surface area (Å²) in [5.41, 5.74) is 0.754. The van der Waals surface area contributed by atoms with Gasteiger partial charge in [0.1, 0.15) is 4.83 Å². The fourth-order valence-corrected chi connectivity index (χ4v) is 3.88. The Bertz CT molecular complexity index is 938. The number of fused-ring (bicyclic) bond motifs is 1. The second-order valence-corrected chi connectivity index (χ2v) is 7.44. The molecule has 2 aromatic heterocycles. The van der Waals surface area contributed by atoms with Gasteiger partial charge in [-0.15, -0.1) is 11.3 Å². The Hall–Kier alpha value is -1.83. The maximum Gasteiger partial charge on any atom is 0.260 e. The zero-order valence-electron chi connectivity index (χ0n) is 12.7. The van der Waals surface area contributed by atoms with Gasteiger partial charge in [-0.2, -0.15) is 0 Å². The number of nitrogens with zero attached hydrogens (tertiary/aromatic N) is 1. The summed E-state index contributed by atoms with van der Waals surface area (Å²) in [5.74, 6) is 0.0338. The predicted octanol–water partition coefficient (Wildman–Crippen LogP) is 3.61. The molecule has 0 saturated heterocycles. The molecule has 2 heterocycles. The Kier molecular flexibility index (Phi) is 5.23. The van der Waals surface area contributed by atoms with Crippen LogP contribution in [0.25, 0.3) is 10.2 Å². The van der Waals surface area contributed by atoms with Gasteiger partial charge < -0.3 is 10.3 Å². The van der Waals surface area contributed by atoms with Crippen molar-refractivity contribution in [2.75, 3.05) is 5.75 Å². The van der Waals surface area contributed by atoms with Crippen LogP contribution in [0.1, 0.15) is 18.5 Å². The van der Waals surface area contributed by atoms with E-state index in [4.69, 9.17) is 11.6 Å². The molecule has 24 heavy (non-hydrogen) atoms. The smallest absolute Gasteiger partial charge is 0.260 e. The van der Waals surface area contributed by atoms with Gasteiger partial charge in [-0.3, -0.25) is 9.59 Å². The molecule has 0 radical (unpaired) electrons. The van der Waals surface area contributed by atoms with Crippen molar-refractivity contribution in [3.05, 3.63) is 56.7 Å². The van der Waals surface area contributed by atoms with Crippen molar-refractivity contribution in [3.63, 3.8) is 0 Å². The molecule has 0 aliphatic carbocycles. The minimum absolute atomic E-state index is 0.138. The topological polar surface area (TPSA) is 74.8 Å². The molecule has 1 atom stereocenters. The number of hydrogen-bond acceptors (Lipinski definition) is 5. The first kappa shape index (κ1) is 17.0. The highest BCUT2D eigenvalue weighted by atomic mass is 35.5. The summed E-state index contributed by atoms with van der Waals surface area (Å²) in [6.45, 7) is 1.89. The molecule has 5 nitrogen and oxygen atoms in total. The number of aromatic amines is 1. The minimum atomic E-state index is -0.184. The molecule has 1 amide bonds. The van der Waals surface area contributed by atoms with Gasteiger partial charge in [-0.05, 0) is 36.1 Å². The van der Waals surface area contributed by atoms with Crippen molar-refractivity contribution in [1.82, 2.24) is 15.3 Å². The summed E-state index contributed by atoms with van der Waals surface area (Å²) in [4.78, 5) is 31.7. The van der Waals surface area contributed by atoms with Crippen molar-refractivity contribution >= 4 is 50.8 Å². The molecule has 8 heteroatoms. The van der Waals surface area contributed by atoms with Crippen LogP contribution in [0.3, 0.4) is 0 Å². The van der Waals surface area contributed by atoms with Crippen molar-refractivity contribution in [2.45, 2.75) is 18.1 Å². The average Bonchev–Trinajstić information content (AvgIpc) is 3.02. The maximum absolute atomic E-state index is 12.1. The number of rotatable bonds is 5. The summed E-state index contributed by atoms with van der Waals surface area (Å²) < 4.78 is 0. The second-order valence-electron chi connectivity index (χ2n) is 5.14. The number of H-pyrrole nitrogens is 1. The third-order valence-electron chi connectivity index (χ3n) is 3.38. The number of amides is 1. The molecule has 0 saturated carbocycles. The first-order valence-corrected chi connectivity index (χ1v) is 9.42. The number of aromatic nitrogens is 2. The normalized spacial score (nSPS) is 12.2. The first-order chi connectivity index (χ1) is 11.5. The molecule has 0 fully saturated rings. The summed E-state index contributed by atoms with van der Waals surface area (Å²) in [6.07, 6.45) is 0. The number of carbonyl (C=O) groups excluding carboxylic acids is 1. The van der Waals surface area contributed by atoms with E-state index in [1.54, 1.807) is 12.1 Å². The standard InChI is InChI=1S/C16H14ClN3O2S2/c1-9(10-3-2-4-11(17)7-10)18-13(21)8-24-16-19-14(22)12-5-6-23-15(12)20-16/h2-7,9H,8H2,1H3,(H,18,21)(H,19,20,22). The van der Waals surface area contributed by atoms with Crippen molar-refractivity contribution in [2.24, 2.45) is 0 Å². The molecule has 3 rings (SSSR count). The highest BCUT2D eigenvalue weighted by Gasteiger charge is 2.12. The maximum atomic E-state index is 12.1. The van der Waals surface area contributed by atoms with E-state index in [0.29, 0.717) is 20.4 Å².